The van der Waals surface area contributed by atoms with Crippen molar-refractivity contribution in [2.75, 3.05) is 5.33 Å². The summed E-state index contributed by atoms with van der Waals surface area (Å²) in [5.41, 5.74) is 0. The normalized spacial score (nSPS) is 10.0. The van der Waals surface area contributed by atoms with Gasteiger partial charge in [-0.25, -0.2) is 0 Å². The Labute approximate surface area is 102 Å². The number of unbranched alkanes of at least 4 members (excludes halogenated alkanes) is 2. The molecule has 0 saturated carbocycles. The summed E-state index contributed by atoms with van der Waals surface area (Å²) >= 11 is 10.1. The van der Waals surface area contributed by atoms with Crippen molar-refractivity contribution in [1.82, 2.24) is 0 Å². The zero-order valence-electron chi connectivity index (χ0n) is 8.12. The van der Waals surface area contributed by atoms with Crippen LogP contribution < -0.4 is 0 Å². The standard InChI is InChI=1S/C5H11Br.C4H8Br2/c1-2-3-4-5-6;1-3(2)4(5)6/h2-5H2,1H3;3-4H,1-2H3. The van der Waals surface area contributed by atoms with Gasteiger partial charge in [-0.1, -0.05) is 81.4 Å². The summed E-state index contributed by atoms with van der Waals surface area (Å²) in [5.74, 6) is 0.685. The minimum absolute atomic E-state index is 0.477. The maximum atomic E-state index is 3.36. The fraction of sp³-hybridized carbons (Fsp3) is 1.00. The minimum Gasteiger partial charge on any atom is -0.0928 e. The van der Waals surface area contributed by atoms with Crippen LogP contribution in [0.5, 0.6) is 0 Å². The zero-order chi connectivity index (χ0) is 9.98. The predicted octanol–water partition coefficient (Wildman–Crippen LogP) is 5.33. The van der Waals surface area contributed by atoms with E-state index in [1.165, 1.54) is 24.6 Å². The SMILES string of the molecule is CC(C)C(Br)Br.CCCCCBr. The largest absolute Gasteiger partial charge is 0.0928 e. The van der Waals surface area contributed by atoms with Gasteiger partial charge >= 0.3 is 0 Å². The van der Waals surface area contributed by atoms with Crippen molar-refractivity contribution >= 4 is 47.8 Å². The Morgan fingerprint density at radius 2 is 1.50 bits per heavy atom. The molecular formula is C9H19Br3. The molecule has 0 aromatic rings. The smallest absolute Gasteiger partial charge is 0.0720 e. The first-order valence-electron chi connectivity index (χ1n) is 4.40. The molecule has 0 aliphatic rings. The van der Waals surface area contributed by atoms with Gasteiger partial charge < -0.3 is 0 Å². The van der Waals surface area contributed by atoms with Crippen LogP contribution in [0.25, 0.3) is 0 Å². The molecule has 76 valence electrons. The Morgan fingerprint density at radius 1 is 1.08 bits per heavy atom. The van der Waals surface area contributed by atoms with Gasteiger partial charge in [0.05, 0.1) is 3.74 Å². The first-order valence-corrected chi connectivity index (χ1v) is 7.35. The monoisotopic (exact) mass is 364 g/mol. The lowest BCUT2D eigenvalue weighted by molar-refractivity contribution is 0.734. The second kappa shape index (κ2) is 12.4. The van der Waals surface area contributed by atoms with Crippen LogP contribution >= 0.6 is 47.8 Å². The number of alkyl halides is 3. The molecule has 0 aromatic carbocycles. The second-order valence-corrected chi connectivity index (χ2v) is 6.97. The van der Waals surface area contributed by atoms with E-state index < -0.39 is 0 Å². The molecule has 12 heavy (non-hydrogen) atoms. The fourth-order valence-electron chi connectivity index (χ4n) is 0.344. The third-order valence-electron chi connectivity index (χ3n) is 1.24. The molecule has 0 atom stereocenters. The fourth-order valence-corrected chi connectivity index (χ4v) is 0.741. The van der Waals surface area contributed by atoms with E-state index in [1.807, 2.05) is 0 Å². The van der Waals surface area contributed by atoms with Crippen molar-refractivity contribution < 1.29 is 0 Å². The maximum absolute atomic E-state index is 3.36. The molecule has 0 unspecified atom stereocenters. The molecule has 0 fully saturated rings. The summed E-state index contributed by atoms with van der Waals surface area (Å²) in [6.07, 6.45) is 4.02. The molecule has 0 heterocycles. The Morgan fingerprint density at radius 3 is 1.58 bits per heavy atom. The molecule has 0 rings (SSSR count). The molecule has 0 spiro atoms. The lowest BCUT2D eigenvalue weighted by Crippen LogP contribution is -1.94. The van der Waals surface area contributed by atoms with Crippen molar-refractivity contribution in [2.24, 2.45) is 5.92 Å². The van der Waals surface area contributed by atoms with Crippen LogP contribution in [0.3, 0.4) is 0 Å². The lowest BCUT2D eigenvalue weighted by atomic mass is 10.3. The van der Waals surface area contributed by atoms with E-state index in [2.05, 4.69) is 68.6 Å². The molecular weight excluding hydrogens is 348 g/mol. The van der Waals surface area contributed by atoms with Crippen molar-refractivity contribution in [3.63, 3.8) is 0 Å². The quantitative estimate of drug-likeness (QED) is 0.466. The van der Waals surface area contributed by atoms with E-state index in [4.69, 9.17) is 0 Å². The summed E-state index contributed by atoms with van der Waals surface area (Å²) in [6.45, 7) is 6.50. The molecule has 0 aromatic heterocycles. The molecule has 0 radical (unpaired) electrons. The van der Waals surface area contributed by atoms with E-state index in [0.717, 1.165) is 0 Å². The second-order valence-electron chi connectivity index (χ2n) is 2.97. The first-order chi connectivity index (χ1) is 5.56. The highest BCUT2D eigenvalue weighted by molar-refractivity contribution is 9.24. The lowest BCUT2D eigenvalue weighted by Gasteiger charge is -2.01. The Hall–Kier alpha value is 1.44. The van der Waals surface area contributed by atoms with Gasteiger partial charge in [0.25, 0.3) is 0 Å². The van der Waals surface area contributed by atoms with Gasteiger partial charge in [0.15, 0.2) is 0 Å². The van der Waals surface area contributed by atoms with E-state index in [9.17, 15) is 0 Å². The highest BCUT2D eigenvalue weighted by atomic mass is 79.9. The van der Waals surface area contributed by atoms with Crippen LogP contribution in [0.2, 0.25) is 0 Å². The third-order valence-corrected chi connectivity index (χ3v) is 3.92. The van der Waals surface area contributed by atoms with Crippen LogP contribution in [0.15, 0.2) is 0 Å². The summed E-state index contributed by atoms with van der Waals surface area (Å²) < 4.78 is 0.477. The predicted molar refractivity (Wildman–Crippen MR) is 69.8 cm³/mol. The van der Waals surface area contributed by atoms with Crippen molar-refractivity contribution in [3.05, 3.63) is 0 Å². The molecule has 0 aliphatic heterocycles. The summed E-state index contributed by atoms with van der Waals surface area (Å²) in [6, 6.07) is 0. The molecule has 0 saturated heterocycles. The van der Waals surface area contributed by atoms with Crippen LogP contribution in [-0.4, -0.2) is 9.07 Å². The molecule has 0 aliphatic carbocycles. The van der Waals surface area contributed by atoms with E-state index in [1.54, 1.807) is 0 Å². The number of halogens is 3. The topological polar surface area (TPSA) is 0 Å². The summed E-state index contributed by atoms with van der Waals surface area (Å²) in [5, 5.41) is 1.17. The molecule has 0 nitrogen and oxygen atoms in total. The highest BCUT2D eigenvalue weighted by Crippen LogP contribution is 2.17. The van der Waals surface area contributed by atoms with Crippen molar-refractivity contribution in [1.29, 1.82) is 0 Å². The van der Waals surface area contributed by atoms with Crippen LogP contribution in [0, 0.1) is 5.92 Å². The van der Waals surface area contributed by atoms with Gasteiger partial charge in [0, 0.05) is 5.33 Å². The van der Waals surface area contributed by atoms with Gasteiger partial charge in [0.2, 0.25) is 0 Å². The molecule has 0 N–H and O–H groups in total. The van der Waals surface area contributed by atoms with Gasteiger partial charge in [0.1, 0.15) is 0 Å². The van der Waals surface area contributed by atoms with E-state index in [-0.39, 0.29) is 0 Å². The average Bonchev–Trinajstić information content (AvgIpc) is 2.02. The Kier molecular flexibility index (Phi) is 16.5. The number of rotatable bonds is 4. The minimum atomic E-state index is 0.477. The first kappa shape index (κ1) is 15.9. The van der Waals surface area contributed by atoms with Crippen LogP contribution in [0.4, 0.5) is 0 Å². The molecule has 0 bridgehead atoms. The third kappa shape index (κ3) is 17.5. The molecule has 3 heteroatoms. The van der Waals surface area contributed by atoms with Gasteiger partial charge in [-0.3, -0.25) is 0 Å². The Bertz CT molecular complexity index is 62.2. The number of hydrogen-bond acceptors (Lipinski definition) is 0. The average molecular weight is 367 g/mol. The zero-order valence-corrected chi connectivity index (χ0v) is 12.9. The van der Waals surface area contributed by atoms with Crippen LogP contribution in [-0.2, 0) is 0 Å². The van der Waals surface area contributed by atoms with Crippen molar-refractivity contribution in [3.8, 4) is 0 Å². The van der Waals surface area contributed by atoms with Gasteiger partial charge in [-0.15, -0.1) is 0 Å². The van der Waals surface area contributed by atoms with Gasteiger partial charge in [-0.05, 0) is 12.3 Å². The maximum Gasteiger partial charge on any atom is 0.0720 e. The van der Waals surface area contributed by atoms with Crippen molar-refractivity contribution in [2.45, 2.75) is 43.8 Å². The highest BCUT2D eigenvalue weighted by Gasteiger charge is 2.00. The van der Waals surface area contributed by atoms with Crippen LogP contribution in [0.1, 0.15) is 40.0 Å². The number of hydrogen-bond donors (Lipinski definition) is 0. The summed E-state index contributed by atoms with van der Waals surface area (Å²) in [7, 11) is 0. The molecule has 0 amide bonds. The van der Waals surface area contributed by atoms with E-state index >= 15 is 0 Å². The van der Waals surface area contributed by atoms with E-state index in [0.29, 0.717) is 9.65 Å². The summed E-state index contributed by atoms with van der Waals surface area (Å²) in [4.78, 5) is 0. The van der Waals surface area contributed by atoms with Gasteiger partial charge in [-0.2, -0.15) is 0 Å². The Balaban J connectivity index is 0.